The van der Waals surface area contributed by atoms with Crippen molar-refractivity contribution in [3.63, 3.8) is 0 Å². The molecule has 1 saturated heterocycles. The van der Waals surface area contributed by atoms with E-state index in [4.69, 9.17) is 0 Å². The fraction of sp³-hybridized carbons (Fsp3) is 0.222. The van der Waals surface area contributed by atoms with E-state index in [0.717, 1.165) is 16.0 Å². The number of halogens is 1. The first-order valence-electron chi connectivity index (χ1n) is 7.22. The summed E-state index contributed by atoms with van der Waals surface area (Å²) in [5.41, 5.74) is 2.63. The lowest BCUT2D eigenvalue weighted by Gasteiger charge is -2.15. The highest BCUT2D eigenvalue weighted by molar-refractivity contribution is 6.20. The average Bonchev–Trinajstić information content (AvgIpc) is 2.77. The number of aryl methyl sites for hydroxylation is 1. The standard InChI is InChI=1S/C18H16FNO2/c1-12-2-4-13(5-3-12)10-14-11-17(21)20(18(14)22)16-8-6-15(19)7-9-16/h2-9,14H,10-11H2,1H3/t14-/m1/s1. The highest BCUT2D eigenvalue weighted by Crippen LogP contribution is 2.28. The molecule has 2 amide bonds. The maximum absolute atomic E-state index is 13.0. The highest BCUT2D eigenvalue weighted by Gasteiger charge is 2.39. The zero-order valence-corrected chi connectivity index (χ0v) is 12.3. The molecule has 4 heteroatoms. The predicted octanol–water partition coefficient (Wildman–Crippen LogP) is 3.26. The Labute approximate surface area is 128 Å². The van der Waals surface area contributed by atoms with Crippen LogP contribution in [0, 0.1) is 18.7 Å². The van der Waals surface area contributed by atoms with E-state index in [0.29, 0.717) is 12.1 Å². The first kappa shape index (κ1) is 14.4. The van der Waals surface area contributed by atoms with Gasteiger partial charge in [-0.05, 0) is 43.2 Å². The minimum atomic E-state index is -0.390. The summed E-state index contributed by atoms with van der Waals surface area (Å²) in [5.74, 6) is -1.18. The Morgan fingerprint density at radius 1 is 1.05 bits per heavy atom. The molecule has 1 aliphatic rings. The molecule has 0 N–H and O–H groups in total. The number of rotatable bonds is 3. The third-order valence-corrected chi connectivity index (χ3v) is 3.93. The summed E-state index contributed by atoms with van der Waals surface area (Å²) in [5, 5.41) is 0. The van der Waals surface area contributed by atoms with Crippen molar-refractivity contribution in [1.29, 1.82) is 0 Å². The van der Waals surface area contributed by atoms with Crippen molar-refractivity contribution in [3.8, 4) is 0 Å². The Morgan fingerprint density at radius 2 is 1.68 bits per heavy atom. The number of hydrogen-bond acceptors (Lipinski definition) is 2. The second-order valence-corrected chi connectivity index (χ2v) is 5.63. The topological polar surface area (TPSA) is 37.4 Å². The quantitative estimate of drug-likeness (QED) is 0.816. The Hall–Kier alpha value is -2.49. The van der Waals surface area contributed by atoms with Crippen molar-refractivity contribution < 1.29 is 14.0 Å². The van der Waals surface area contributed by atoms with E-state index in [1.807, 2.05) is 31.2 Å². The molecule has 3 rings (SSSR count). The van der Waals surface area contributed by atoms with Crippen LogP contribution in [0.4, 0.5) is 10.1 Å². The number of benzene rings is 2. The minimum absolute atomic E-state index is 0.198. The van der Waals surface area contributed by atoms with E-state index in [9.17, 15) is 14.0 Å². The normalized spacial score (nSPS) is 18.1. The monoisotopic (exact) mass is 297 g/mol. The maximum Gasteiger partial charge on any atom is 0.237 e. The van der Waals surface area contributed by atoms with Gasteiger partial charge in [0.25, 0.3) is 0 Å². The van der Waals surface area contributed by atoms with Gasteiger partial charge in [-0.3, -0.25) is 14.5 Å². The summed E-state index contributed by atoms with van der Waals surface area (Å²) >= 11 is 0. The van der Waals surface area contributed by atoms with Gasteiger partial charge in [-0.2, -0.15) is 0 Å². The van der Waals surface area contributed by atoms with Gasteiger partial charge in [-0.1, -0.05) is 29.8 Å². The summed E-state index contributed by atoms with van der Waals surface area (Å²) in [4.78, 5) is 25.8. The van der Waals surface area contributed by atoms with Crippen molar-refractivity contribution in [2.45, 2.75) is 19.8 Å². The van der Waals surface area contributed by atoms with E-state index in [2.05, 4.69) is 0 Å². The molecule has 0 radical (unpaired) electrons. The van der Waals surface area contributed by atoms with Crippen LogP contribution in [-0.4, -0.2) is 11.8 Å². The Kier molecular flexibility index (Phi) is 3.75. The molecule has 0 saturated carbocycles. The number of hydrogen-bond donors (Lipinski definition) is 0. The molecule has 22 heavy (non-hydrogen) atoms. The largest absolute Gasteiger partial charge is 0.274 e. The summed E-state index contributed by atoms with van der Waals surface area (Å²) < 4.78 is 13.0. The molecule has 3 nitrogen and oxygen atoms in total. The van der Waals surface area contributed by atoms with Gasteiger partial charge in [0.05, 0.1) is 11.6 Å². The SMILES string of the molecule is Cc1ccc(C[C@@H]2CC(=O)N(c3ccc(F)cc3)C2=O)cc1. The van der Waals surface area contributed by atoms with Crippen LogP contribution in [-0.2, 0) is 16.0 Å². The Bertz CT molecular complexity index is 707. The van der Waals surface area contributed by atoms with Gasteiger partial charge in [0.15, 0.2) is 0 Å². The van der Waals surface area contributed by atoms with Crippen LogP contribution in [0.3, 0.4) is 0 Å². The molecule has 1 heterocycles. The molecule has 0 bridgehead atoms. The highest BCUT2D eigenvalue weighted by atomic mass is 19.1. The van der Waals surface area contributed by atoms with Crippen LogP contribution in [0.2, 0.25) is 0 Å². The van der Waals surface area contributed by atoms with Crippen molar-refractivity contribution in [1.82, 2.24) is 0 Å². The minimum Gasteiger partial charge on any atom is -0.274 e. The van der Waals surface area contributed by atoms with Gasteiger partial charge >= 0.3 is 0 Å². The molecule has 0 unspecified atom stereocenters. The molecule has 2 aromatic rings. The van der Waals surface area contributed by atoms with Crippen molar-refractivity contribution in [2.75, 3.05) is 4.90 Å². The van der Waals surface area contributed by atoms with E-state index in [1.165, 1.54) is 24.3 Å². The van der Waals surface area contributed by atoms with Crippen LogP contribution in [0.5, 0.6) is 0 Å². The fourth-order valence-electron chi connectivity index (χ4n) is 2.72. The summed E-state index contributed by atoms with van der Waals surface area (Å²) in [6, 6.07) is 13.4. The molecule has 2 aromatic carbocycles. The molecule has 1 atom stereocenters. The van der Waals surface area contributed by atoms with Crippen LogP contribution < -0.4 is 4.90 Å². The summed E-state index contributed by atoms with van der Waals surface area (Å²) in [7, 11) is 0. The summed E-state index contributed by atoms with van der Waals surface area (Å²) in [6.07, 6.45) is 0.743. The first-order chi connectivity index (χ1) is 10.5. The molecular formula is C18H16FNO2. The smallest absolute Gasteiger partial charge is 0.237 e. The van der Waals surface area contributed by atoms with Gasteiger partial charge in [0.2, 0.25) is 11.8 Å². The van der Waals surface area contributed by atoms with Crippen LogP contribution in [0.1, 0.15) is 17.5 Å². The molecule has 112 valence electrons. The molecule has 1 fully saturated rings. The van der Waals surface area contributed by atoms with Gasteiger partial charge in [0, 0.05) is 6.42 Å². The number of carbonyl (C=O) groups excluding carboxylic acids is 2. The van der Waals surface area contributed by atoms with Gasteiger partial charge in [-0.25, -0.2) is 4.39 Å². The van der Waals surface area contributed by atoms with Gasteiger partial charge < -0.3 is 0 Å². The predicted molar refractivity (Wildman–Crippen MR) is 81.9 cm³/mol. The van der Waals surface area contributed by atoms with Crippen molar-refractivity contribution >= 4 is 17.5 Å². The second-order valence-electron chi connectivity index (χ2n) is 5.63. The first-order valence-corrected chi connectivity index (χ1v) is 7.22. The second kappa shape index (κ2) is 5.72. The number of anilines is 1. The van der Waals surface area contributed by atoms with E-state index in [1.54, 1.807) is 0 Å². The number of nitrogens with zero attached hydrogens (tertiary/aromatic N) is 1. The van der Waals surface area contributed by atoms with Gasteiger partial charge in [-0.15, -0.1) is 0 Å². The molecule has 0 aromatic heterocycles. The number of amides is 2. The Balaban J connectivity index is 1.79. The lowest BCUT2D eigenvalue weighted by atomic mass is 9.97. The average molecular weight is 297 g/mol. The van der Waals surface area contributed by atoms with Crippen LogP contribution in [0.15, 0.2) is 48.5 Å². The molecule has 0 spiro atoms. The van der Waals surface area contributed by atoms with E-state index >= 15 is 0 Å². The zero-order chi connectivity index (χ0) is 15.7. The van der Waals surface area contributed by atoms with Crippen molar-refractivity contribution in [3.05, 3.63) is 65.5 Å². The third-order valence-electron chi connectivity index (χ3n) is 3.93. The molecule has 1 aliphatic heterocycles. The lowest BCUT2D eigenvalue weighted by molar-refractivity contribution is -0.122. The number of carbonyl (C=O) groups is 2. The zero-order valence-electron chi connectivity index (χ0n) is 12.3. The summed E-state index contributed by atoms with van der Waals surface area (Å²) in [6.45, 7) is 2.00. The molecular weight excluding hydrogens is 281 g/mol. The Morgan fingerprint density at radius 3 is 2.32 bits per heavy atom. The van der Waals surface area contributed by atoms with E-state index in [-0.39, 0.29) is 30.0 Å². The van der Waals surface area contributed by atoms with Gasteiger partial charge in [0.1, 0.15) is 5.82 Å². The molecule has 0 aliphatic carbocycles. The maximum atomic E-state index is 13.0. The fourth-order valence-corrected chi connectivity index (χ4v) is 2.72. The van der Waals surface area contributed by atoms with E-state index < -0.39 is 0 Å². The van der Waals surface area contributed by atoms with Crippen LogP contribution in [0.25, 0.3) is 0 Å². The number of imide groups is 1. The van der Waals surface area contributed by atoms with Crippen LogP contribution >= 0.6 is 0 Å². The third kappa shape index (κ3) is 2.77. The lowest BCUT2D eigenvalue weighted by Crippen LogP contribution is -2.30. The van der Waals surface area contributed by atoms with Crippen molar-refractivity contribution in [2.24, 2.45) is 5.92 Å².